The van der Waals surface area contributed by atoms with Gasteiger partial charge < -0.3 is 10.3 Å². The number of carbonyl (C=O) groups excluding carboxylic acids is 1. The molecule has 0 spiro atoms. The number of nitrogens with zero attached hydrogens (tertiary/aromatic N) is 1. The van der Waals surface area contributed by atoms with Crippen molar-refractivity contribution in [3.63, 3.8) is 0 Å². The first-order valence-corrected chi connectivity index (χ1v) is 9.09. The quantitative estimate of drug-likeness (QED) is 0.880. The SMILES string of the molecule is CC(C)(C)N1CCC(c2c[nH]c(NC(=O)c3cccs3)c2)CC1. The Morgan fingerprint density at radius 2 is 2.09 bits per heavy atom. The van der Waals surface area contributed by atoms with Crippen molar-refractivity contribution in [3.05, 3.63) is 40.2 Å². The van der Waals surface area contributed by atoms with E-state index in [0.717, 1.165) is 23.8 Å². The summed E-state index contributed by atoms with van der Waals surface area (Å²) in [4.78, 5) is 18.6. The summed E-state index contributed by atoms with van der Waals surface area (Å²) in [6.45, 7) is 9.11. The highest BCUT2D eigenvalue weighted by Crippen LogP contribution is 2.32. The van der Waals surface area contributed by atoms with Crippen molar-refractivity contribution in [3.8, 4) is 0 Å². The summed E-state index contributed by atoms with van der Waals surface area (Å²) in [7, 11) is 0. The molecule has 1 aliphatic rings. The van der Waals surface area contributed by atoms with E-state index in [1.54, 1.807) is 0 Å². The van der Waals surface area contributed by atoms with Crippen LogP contribution >= 0.6 is 11.3 Å². The first-order valence-electron chi connectivity index (χ1n) is 8.22. The third-order valence-electron chi connectivity index (χ3n) is 4.61. The van der Waals surface area contributed by atoms with Crippen molar-refractivity contribution in [2.45, 2.75) is 45.1 Å². The lowest BCUT2D eigenvalue weighted by atomic mass is 9.89. The minimum atomic E-state index is -0.0454. The van der Waals surface area contributed by atoms with Gasteiger partial charge in [-0.2, -0.15) is 0 Å². The maximum atomic E-state index is 12.1. The van der Waals surface area contributed by atoms with E-state index in [2.05, 4.69) is 42.0 Å². The number of anilines is 1. The normalized spacial score (nSPS) is 17.3. The molecule has 0 aliphatic carbocycles. The maximum Gasteiger partial charge on any atom is 0.266 e. The second-order valence-electron chi connectivity index (χ2n) is 7.21. The molecule has 2 N–H and O–H groups in total. The molecular weight excluding hydrogens is 306 g/mol. The summed E-state index contributed by atoms with van der Waals surface area (Å²) < 4.78 is 0. The molecule has 4 nitrogen and oxygen atoms in total. The van der Waals surface area contributed by atoms with Gasteiger partial charge in [0.15, 0.2) is 0 Å². The number of piperidine rings is 1. The van der Waals surface area contributed by atoms with Crippen LogP contribution in [0.2, 0.25) is 0 Å². The number of aromatic amines is 1. The van der Waals surface area contributed by atoms with E-state index >= 15 is 0 Å². The molecule has 0 bridgehead atoms. The van der Waals surface area contributed by atoms with Crippen molar-refractivity contribution in [2.24, 2.45) is 0 Å². The largest absolute Gasteiger partial charge is 0.348 e. The number of hydrogen-bond acceptors (Lipinski definition) is 3. The Kier molecular flexibility index (Phi) is 4.60. The van der Waals surface area contributed by atoms with Crippen LogP contribution in [0.15, 0.2) is 29.8 Å². The molecule has 124 valence electrons. The van der Waals surface area contributed by atoms with Crippen LogP contribution in [0.25, 0.3) is 0 Å². The summed E-state index contributed by atoms with van der Waals surface area (Å²) in [5, 5.41) is 4.86. The molecule has 1 aliphatic heterocycles. The molecule has 0 atom stereocenters. The fourth-order valence-electron chi connectivity index (χ4n) is 3.19. The van der Waals surface area contributed by atoms with Crippen molar-refractivity contribution < 1.29 is 4.79 Å². The zero-order chi connectivity index (χ0) is 16.4. The topological polar surface area (TPSA) is 48.1 Å². The van der Waals surface area contributed by atoms with Gasteiger partial charge in [-0.25, -0.2) is 0 Å². The molecule has 0 unspecified atom stereocenters. The third kappa shape index (κ3) is 3.85. The average Bonchev–Trinajstić information content (AvgIpc) is 3.18. The molecular formula is C18H25N3OS. The van der Waals surface area contributed by atoms with E-state index in [-0.39, 0.29) is 11.4 Å². The second-order valence-corrected chi connectivity index (χ2v) is 8.16. The summed E-state index contributed by atoms with van der Waals surface area (Å²) in [5.41, 5.74) is 1.56. The van der Waals surface area contributed by atoms with Crippen molar-refractivity contribution in [1.29, 1.82) is 0 Å². The summed E-state index contributed by atoms with van der Waals surface area (Å²) in [6.07, 6.45) is 4.39. The zero-order valence-electron chi connectivity index (χ0n) is 14.1. The number of rotatable bonds is 3. The molecule has 1 fully saturated rings. The van der Waals surface area contributed by atoms with Crippen LogP contribution in [-0.2, 0) is 0 Å². The van der Waals surface area contributed by atoms with E-state index < -0.39 is 0 Å². The highest BCUT2D eigenvalue weighted by Gasteiger charge is 2.28. The van der Waals surface area contributed by atoms with Crippen molar-refractivity contribution in [2.75, 3.05) is 18.4 Å². The van der Waals surface area contributed by atoms with Crippen molar-refractivity contribution in [1.82, 2.24) is 9.88 Å². The minimum absolute atomic E-state index is 0.0454. The molecule has 0 saturated carbocycles. The maximum absolute atomic E-state index is 12.1. The first kappa shape index (κ1) is 16.3. The molecule has 3 rings (SSSR count). The molecule has 0 radical (unpaired) electrons. The Morgan fingerprint density at radius 1 is 1.35 bits per heavy atom. The van der Waals surface area contributed by atoms with E-state index in [4.69, 9.17) is 0 Å². The predicted molar refractivity (Wildman–Crippen MR) is 96.4 cm³/mol. The lowest BCUT2D eigenvalue weighted by molar-refractivity contribution is 0.102. The molecule has 5 heteroatoms. The van der Waals surface area contributed by atoms with E-state index in [1.807, 2.05) is 23.7 Å². The van der Waals surface area contributed by atoms with E-state index in [0.29, 0.717) is 5.92 Å². The molecule has 1 saturated heterocycles. The van der Waals surface area contributed by atoms with E-state index in [1.165, 1.54) is 29.7 Å². The lowest BCUT2D eigenvalue weighted by Gasteiger charge is -2.40. The van der Waals surface area contributed by atoms with Gasteiger partial charge in [0.05, 0.1) is 4.88 Å². The molecule has 3 heterocycles. The monoisotopic (exact) mass is 331 g/mol. The Bertz CT molecular complexity index is 646. The molecule has 2 aromatic rings. The summed E-state index contributed by atoms with van der Waals surface area (Å²) in [6, 6.07) is 5.82. The van der Waals surface area contributed by atoms with Gasteiger partial charge in [0.25, 0.3) is 5.91 Å². The first-order chi connectivity index (χ1) is 10.9. The standard InChI is InChI=1S/C18H25N3OS/c1-18(2,3)21-8-6-13(7-9-21)14-11-16(19-12-14)20-17(22)15-5-4-10-23-15/h4-5,10-13,19H,6-9H2,1-3H3,(H,20,22). The van der Waals surface area contributed by atoms with Gasteiger partial charge in [-0.15, -0.1) is 11.3 Å². The number of amides is 1. The number of hydrogen-bond donors (Lipinski definition) is 2. The van der Waals surface area contributed by atoms with Crippen LogP contribution in [-0.4, -0.2) is 34.4 Å². The molecule has 1 amide bonds. The predicted octanol–water partition coefficient (Wildman–Crippen LogP) is 4.31. The van der Waals surface area contributed by atoms with Gasteiger partial charge in [-0.3, -0.25) is 9.69 Å². The molecule has 0 aromatic carbocycles. The summed E-state index contributed by atoms with van der Waals surface area (Å²) in [5.74, 6) is 1.32. The Hall–Kier alpha value is -1.59. The highest BCUT2D eigenvalue weighted by molar-refractivity contribution is 7.12. The van der Waals surface area contributed by atoms with Crippen LogP contribution in [0.3, 0.4) is 0 Å². The average molecular weight is 331 g/mol. The smallest absolute Gasteiger partial charge is 0.266 e. The molecule has 23 heavy (non-hydrogen) atoms. The zero-order valence-corrected chi connectivity index (χ0v) is 14.9. The number of carbonyl (C=O) groups is 1. The number of nitrogens with one attached hydrogen (secondary N) is 2. The lowest BCUT2D eigenvalue weighted by Crippen LogP contribution is -2.45. The van der Waals surface area contributed by atoms with Gasteiger partial charge in [-0.1, -0.05) is 6.07 Å². The Labute approximate surface area is 141 Å². The van der Waals surface area contributed by atoms with Crippen LogP contribution in [0.1, 0.15) is 54.8 Å². The fraction of sp³-hybridized carbons (Fsp3) is 0.500. The van der Waals surface area contributed by atoms with Crippen LogP contribution < -0.4 is 5.32 Å². The van der Waals surface area contributed by atoms with Gasteiger partial charge in [0.1, 0.15) is 5.82 Å². The highest BCUT2D eigenvalue weighted by atomic mass is 32.1. The second kappa shape index (κ2) is 6.49. The number of thiophene rings is 1. The number of aromatic nitrogens is 1. The number of likely N-dealkylation sites (tertiary alicyclic amines) is 1. The van der Waals surface area contributed by atoms with Crippen molar-refractivity contribution >= 4 is 23.1 Å². The third-order valence-corrected chi connectivity index (χ3v) is 5.48. The fourth-order valence-corrected chi connectivity index (χ4v) is 3.81. The summed E-state index contributed by atoms with van der Waals surface area (Å²) >= 11 is 1.46. The van der Waals surface area contributed by atoms with E-state index in [9.17, 15) is 4.79 Å². The minimum Gasteiger partial charge on any atom is -0.348 e. The number of H-pyrrole nitrogens is 1. The Balaban J connectivity index is 1.59. The van der Waals surface area contributed by atoms with Crippen LogP contribution in [0.4, 0.5) is 5.82 Å². The van der Waals surface area contributed by atoms with Crippen LogP contribution in [0, 0.1) is 0 Å². The van der Waals surface area contributed by atoms with Gasteiger partial charge >= 0.3 is 0 Å². The van der Waals surface area contributed by atoms with Gasteiger partial charge in [0, 0.05) is 11.7 Å². The van der Waals surface area contributed by atoms with Gasteiger partial charge in [-0.05, 0) is 75.7 Å². The van der Waals surface area contributed by atoms with Crippen LogP contribution in [0.5, 0.6) is 0 Å². The molecule has 2 aromatic heterocycles. The van der Waals surface area contributed by atoms with Gasteiger partial charge in [0.2, 0.25) is 0 Å². The Morgan fingerprint density at radius 3 is 2.70 bits per heavy atom.